The van der Waals surface area contributed by atoms with Crippen molar-refractivity contribution < 1.29 is 0 Å². The Morgan fingerprint density at radius 3 is 2.89 bits per heavy atom. The zero-order valence-electron chi connectivity index (χ0n) is 11.6. The second-order valence-electron chi connectivity index (χ2n) is 5.48. The van der Waals surface area contributed by atoms with E-state index in [2.05, 4.69) is 36.6 Å². The van der Waals surface area contributed by atoms with Gasteiger partial charge in [0.25, 0.3) is 0 Å². The fourth-order valence-electron chi connectivity index (χ4n) is 2.24. The van der Waals surface area contributed by atoms with Crippen LogP contribution in [0.1, 0.15) is 31.5 Å². The first kappa shape index (κ1) is 13.7. The van der Waals surface area contributed by atoms with Crippen molar-refractivity contribution in [1.29, 1.82) is 0 Å². The van der Waals surface area contributed by atoms with Crippen LogP contribution in [0.25, 0.3) is 0 Å². The molecule has 0 unspecified atom stereocenters. The molecule has 2 N–H and O–H groups in total. The Morgan fingerprint density at radius 1 is 1.39 bits per heavy atom. The molecule has 0 aromatic carbocycles. The average Bonchev–Trinajstić information content (AvgIpc) is 2.50. The molecular formula is C14H23N3S. The number of pyridine rings is 1. The van der Waals surface area contributed by atoms with Crippen LogP contribution >= 0.6 is 11.8 Å². The normalized spacial score (nSPS) is 19.7. The van der Waals surface area contributed by atoms with E-state index in [1.54, 1.807) is 0 Å². The lowest BCUT2D eigenvalue weighted by molar-refractivity contribution is 0.633. The lowest BCUT2D eigenvalue weighted by Gasteiger charge is -2.25. The molecule has 0 bridgehead atoms. The highest BCUT2D eigenvalue weighted by atomic mass is 32.2. The van der Waals surface area contributed by atoms with E-state index in [9.17, 15) is 0 Å². The lowest BCUT2D eigenvalue weighted by atomic mass is 10.1. The summed E-state index contributed by atoms with van der Waals surface area (Å²) in [5, 5.41) is 0. The predicted octanol–water partition coefficient (Wildman–Crippen LogP) is 2.57. The Labute approximate surface area is 114 Å². The van der Waals surface area contributed by atoms with E-state index in [0.717, 1.165) is 35.9 Å². The van der Waals surface area contributed by atoms with Gasteiger partial charge in [-0.25, -0.2) is 4.98 Å². The monoisotopic (exact) mass is 265 g/mol. The fraction of sp³-hybridized carbons (Fsp3) is 0.643. The van der Waals surface area contributed by atoms with Crippen LogP contribution in [0, 0.1) is 6.92 Å². The maximum absolute atomic E-state index is 5.83. The number of hydrogen-bond acceptors (Lipinski definition) is 4. The van der Waals surface area contributed by atoms with Crippen LogP contribution in [-0.2, 0) is 6.54 Å². The van der Waals surface area contributed by atoms with Crippen molar-refractivity contribution in [3.05, 3.63) is 23.4 Å². The van der Waals surface area contributed by atoms with E-state index >= 15 is 0 Å². The molecule has 0 amide bonds. The zero-order valence-corrected chi connectivity index (χ0v) is 12.4. The van der Waals surface area contributed by atoms with Crippen LogP contribution in [0.3, 0.4) is 0 Å². The molecule has 2 heterocycles. The topological polar surface area (TPSA) is 42.1 Å². The smallest absolute Gasteiger partial charge is 0.133 e. The molecule has 1 aliphatic rings. The van der Waals surface area contributed by atoms with E-state index in [1.807, 2.05) is 13.0 Å². The molecule has 1 saturated heterocycles. The van der Waals surface area contributed by atoms with Gasteiger partial charge < -0.3 is 10.6 Å². The quantitative estimate of drug-likeness (QED) is 0.892. The SMILES string of the molecule is Cc1ccc(CN)c(N2CCSC(C)(C)CC2)n1. The summed E-state index contributed by atoms with van der Waals surface area (Å²) < 4.78 is 0.376. The predicted molar refractivity (Wildman–Crippen MR) is 80.2 cm³/mol. The van der Waals surface area contributed by atoms with Crippen molar-refractivity contribution in [2.24, 2.45) is 5.73 Å². The maximum Gasteiger partial charge on any atom is 0.133 e. The van der Waals surface area contributed by atoms with Gasteiger partial charge in [-0.1, -0.05) is 19.9 Å². The Kier molecular flexibility index (Phi) is 4.17. The zero-order chi connectivity index (χ0) is 13.2. The molecule has 0 aliphatic carbocycles. The summed E-state index contributed by atoms with van der Waals surface area (Å²) in [4.78, 5) is 7.09. The Morgan fingerprint density at radius 2 is 2.17 bits per heavy atom. The number of anilines is 1. The number of rotatable bonds is 2. The summed E-state index contributed by atoms with van der Waals surface area (Å²) in [5.41, 5.74) is 8.05. The van der Waals surface area contributed by atoms with Crippen LogP contribution in [0.4, 0.5) is 5.82 Å². The van der Waals surface area contributed by atoms with Crippen molar-refractivity contribution in [3.8, 4) is 0 Å². The van der Waals surface area contributed by atoms with Crippen molar-refractivity contribution in [3.63, 3.8) is 0 Å². The Balaban J connectivity index is 2.23. The molecule has 1 aromatic rings. The first-order valence-electron chi connectivity index (χ1n) is 6.57. The van der Waals surface area contributed by atoms with E-state index in [0.29, 0.717) is 11.3 Å². The molecule has 1 fully saturated rings. The number of aryl methyl sites for hydroxylation is 1. The summed E-state index contributed by atoms with van der Waals surface area (Å²) in [6, 6.07) is 4.16. The van der Waals surface area contributed by atoms with Crippen LogP contribution in [0.2, 0.25) is 0 Å². The minimum absolute atomic E-state index is 0.376. The highest BCUT2D eigenvalue weighted by Crippen LogP contribution is 2.32. The fourth-order valence-corrected chi connectivity index (χ4v) is 3.34. The van der Waals surface area contributed by atoms with Gasteiger partial charge in [0, 0.05) is 41.4 Å². The molecule has 3 nitrogen and oxygen atoms in total. The summed E-state index contributed by atoms with van der Waals surface area (Å²) in [6.07, 6.45) is 1.19. The molecule has 0 radical (unpaired) electrons. The first-order chi connectivity index (χ1) is 8.52. The molecule has 2 rings (SSSR count). The van der Waals surface area contributed by atoms with E-state index in [-0.39, 0.29) is 0 Å². The van der Waals surface area contributed by atoms with E-state index in [4.69, 9.17) is 10.7 Å². The van der Waals surface area contributed by atoms with Crippen molar-refractivity contribution >= 4 is 17.6 Å². The number of aromatic nitrogens is 1. The number of hydrogen-bond donors (Lipinski definition) is 1. The van der Waals surface area contributed by atoms with Gasteiger partial charge >= 0.3 is 0 Å². The highest BCUT2D eigenvalue weighted by molar-refractivity contribution is 8.00. The van der Waals surface area contributed by atoms with Crippen molar-refractivity contribution in [2.75, 3.05) is 23.7 Å². The molecule has 100 valence electrons. The number of nitrogens with zero attached hydrogens (tertiary/aromatic N) is 2. The van der Waals surface area contributed by atoms with Crippen molar-refractivity contribution in [2.45, 2.75) is 38.5 Å². The third kappa shape index (κ3) is 3.18. The second kappa shape index (κ2) is 5.49. The number of nitrogens with two attached hydrogens (primary N) is 1. The van der Waals surface area contributed by atoms with Gasteiger partial charge in [-0.3, -0.25) is 0 Å². The molecule has 0 atom stereocenters. The van der Waals surface area contributed by atoms with Crippen LogP contribution in [0.15, 0.2) is 12.1 Å². The molecule has 0 saturated carbocycles. The molecule has 4 heteroatoms. The molecule has 0 spiro atoms. The minimum atomic E-state index is 0.376. The summed E-state index contributed by atoms with van der Waals surface area (Å²) in [6.45, 7) is 9.40. The van der Waals surface area contributed by atoms with Crippen LogP contribution < -0.4 is 10.6 Å². The van der Waals surface area contributed by atoms with Gasteiger partial charge in [-0.05, 0) is 19.4 Å². The maximum atomic E-state index is 5.83. The summed E-state index contributed by atoms with van der Waals surface area (Å²) >= 11 is 2.06. The number of thioether (sulfide) groups is 1. The molecule has 18 heavy (non-hydrogen) atoms. The third-order valence-corrected chi connectivity index (χ3v) is 4.82. The molecule has 1 aromatic heterocycles. The van der Waals surface area contributed by atoms with Gasteiger partial charge in [0.05, 0.1) is 0 Å². The first-order valence-corrected chi connectivity index (χ1v) is 7.56. The van der Waals surface area contributed by atoms with Crippen LogP contribution in [0.5, 0.6) is 0 Å². The largest absolute Gasteiger partial charge is 0.355 e. The minimum Gasteiger partial charge on any atom is -0.355 e. The van der Waals surface area contributed by atoms with Crippen LogP contribution in [-0.4, -0.2) is 28.6 Å². The standard InChI is InChI=1S/C14H23N3S/c1-11-4-5-12(10-15)13(16-11)17-7-6-14(2,3)18-9-8-17/h4-5H,6-10,15H2,1-3H3. The van der Waals surface area contributed by atoms with Gasteiger partial charge in [-0.15, -0.1) is 0 Å². The second-order valence-corrected chi connectivity index (χ2v) is 7.29. The molecular weight excluding hydrogens is 242 g/mol. The summed E-state index contributed by atoms with van der Waals surface area (Å²) in [7, 11) is 0. The Bertz CT molecular complexity index is 418. The van der Waals surface area contributed by atoms with Gasteiger partial charge in [0.15, 0.2) is 0 Å². The van der Waals surface area contributed by atoms with E-state index in [1.165, 1.54) is 6.42 Å². The third-order valence-electron chi connectivity index (χ3n) is 3.45. The molecule has 1 aliphatic heterocycles. The lowest BCUT2D eigenvalue weighted by Crippen LogP contribution is -2.29. The van der Waals surface area contributed by atoms with Gasteiger partial charge in [-0.2, -0.15) is 11.8 Å². The highest BCUT2D eigenvalue weighted by Gasteiger charge is 2.25. The average molecular weight is 265 g/mol. The van der Waals surface area contributed by atoms with Crippen molar-refractivity contribution in [1.82, 2.24) is 4.98 Å². The van der Waals surface area contributed by atoms with E-state index < -0.39 is 0 Å². The summed E-state index contributed by atoms with van der Waals surface area (Å²) in [5.74, 6) is 2.25. The Hall–Kier alpha value is -0.740. The van der Waals surface area contributed by atoms with Gasteiger partial charge in [0.2, 0.25) is 0 Å². The van der Waals surface area contributed by atoms with Gasteiger partial charge in [0.1, 0.15) is 5.82 Å².